The summed E-state index contributed by atoms with van der Waals surface area (Å²) in [6.07, 6.45) is 84.7. The minimum absolute atomic E-state index is 0.0934. The molecule has 0 spiro atoms. The zero-order chi connectivity index (χ0) is 53.6. The maximum Gasteiger partial charge on any atom is 0.306 e. The summed E-state index contributed by atoms with van der Waals surface area (Å²) in [5.74, 6) is -0.924. The predicted octanol–water partition coefficient (Wildman–Crippen LogP) is 20.8. The summed E-state index contributed by atoms with van der Waals surface area (Å²) in [7, 11) is 0. The Morgan fingerprint density at radius 2 is 0.527 bits per heavy atom. The monoisotopic (exact) mass is 1020 g/mol. The highest BCUT2D eigenvalue weighted by molar-refractivity contribution is 5.71. The molecule has 6 nitrogen and oxygen atoms in total. The molecule has 0 fully saturated rings. The summed E-state index contributed by atoms with van der Waals surface area (Å²) in [6, 6.07) is 0. The third-order valence-corrected chi connectivity index (χ3v) is 12.7. The van der Waals surface area contributed by atoms with Crippen LogP contribution in [-0.4, -0.2) is 37.2 Å². The van der Waals surface area contributed by atoms with E-state index in [1.165, 1.54) is 89.9 Å². The van der Waals surface area contributed by atoms with Crippen LogP contribution in [0.1, 0.15) is 271 Å². The lowest BCUT2D eigenvalue weighted by atomic mass is 10.1. The van der Waals surface area contributed by atoms with Crippen molar-refractivity contribution in [2.75, 3.05) is 13.2 Å². The van der Waals surface area contributed by atoms with Gasteiger partial charge in [0.2, 0.25) is 0 Å². The molecular formula is C68H112O6. The fourth-order valence-corrected chi connectivity index (χ4v) is 8.16. The molecule has 0 heterocycles. The minimum atomic E-state index is -0.797. The second kappa shape index (κ2) is 61.4. The normalized spacial score (nSPS) is 13.0. The molecule has 6 heteroatoms. The first-order valence-electron chi connectivity index (χ1n) is 30.5. The number of rotatable bonds is 54. The van der Waals surface area contributed by atoms with Crippen LogP contribution < -0.4 is 0 Å². The van der Waals surface area contributed by atoms with E-state index in [0.29, 0.717) is 19.3 Å². The van der Waals surface area contributed by atoms with Gasteiger partial charge in [-0.1, -0.05) is 245 Å². The highest BCUT2D eigenvalue weighted by atomic mass is 16.6. The van der Waals surface area contributed by atoms with Gasteiger partial charge in [-0.3, -0.25) is 14.4 Å². The molecule has 0 bridgehead atoms. The number of carbonyl (C=O) groups is 3. The van der Waals surface area contributed by atoms with E-state index in [4.69, 9.17) is 14.2 Å². The van der Waals surface area contributed by atoms with Gasteiger partial charge in [-0.15, -0.1) is 0 Å². The molecule has 0 saturated carbocycles. The van der Waals surface area contributed by atoms with Crippen molar-refractivity contribution in [3.05, 3.63) is 122 Å². The van der Waals surface area contributed by atoms with Crippen molar-refractivity contribution in [2.45, 2.75) is 277 Å². The Hall–Kier alpha value is -4.19. The van der Waals surface area contributed by atoms with E-state index in [-0.39, 0.29) is 31.1 Å². The first-order chi connectivity index (χ1) is 36.5. The third-order valence-electron chi connectivity index (χ3n) is 12.7. The molecule has 0 aromatic carbocycles. The molecule has 1 atom stereocenters. The first kappa shape index (κ1) is 69.8. The lowest BCUT2D eigenvalue weighted by molar-refractivity contribution is -0.167. The van der Waals surface area contributed by atoms with E-state index in [1.54, 1.807) is 0 Å². The van der Waals surface area contributed by atoms with Gasteiger partial charge in [0.15, 0.2) is 6.10 Å². The number of hydrogen-bond donors (Lipinski definition) is 0. The molecule has 0 aliphatic heterocycles. The highest BCUT2D eigenvalue weighted by Crippen LogP contribution is 2.14. The topological polar surface area (TPSA) is 78.9 Å². The van der Waals surface area contributed by atoms with Crippen LogP contribution in [0.5, 0.6) is 0 Å². The molecule has 0 rings (SSSR count). The molecule has 0 saturated heterocycles. The maximum absolute atomic E-state index is 12.9. The minimum Gasteiger partial charge on any atom is -0.462 e. The number of hydrogen-bond acceptors (Lipinski definition) is 6. The van der Waals surface area contributed by atoms with Crippen molar-refractivity contribution in [1.29, 1.82) is 0 Å². The van der Waals surface area contributed by atoms with Gasteiger partial charge in [-0.2, -0.15) is 0 Å². The SMILES string of the molecule is CC/C=C\C/C=C\C/C=C\C/C=C\C/C=C\C/C=C\CCCCCCCCC(=O)OCC(COC(=O)CCCCCCC/C=C\CCCCCCC)OC(=O)CCCCCCCCC/C=C\C/C=C\C/C=C\CC. The summed E-state index contributed by atoms with van der Waals surface area (Å²) in [6.45, 7) is 6.38. The van der Waals surface area contributed by atoms with E-state index >= 15 is 0 Å². The Morgan fingerprint density at radius 3 is 0.838 bits per heavy atom. The lowest BCUT2D eigenvalue weighted by Crippen LogP contribution is -2.30. The van der Waals surface area contributed by atoms with Crippen molar-refractivity contribution in [2.24, 2.45) is 0 Å². The first-order valence-corrected chi connectivity index (χ1v) is 30.5. The average Bonchev–Trinajstić information content (AvgIpc) is 3.40. The van der Waals surface area contributed by atoms with Gasteiger partial charge >= 0.3 is 17.9 Å². The smallest absolute Gasteiger partial charge is 0.306 e. The van der Waals surface area contributed by atoms with Crippen LogP contribution in [-0.2, 0) is 28.6 Å². The van der Waals surface area contributed by atoms with E-state index in [1.807, 2.05) is 0 Å². The molecule has 420 valence electrons. The van der Waals surface area contributed by atoms with Crippen LogP contribution in [0.3, 0.4) is 0 Å². The fourth-order valence-electron chi connectivity index (χ4n) is 8.16. The molecule has 0 aliphatic carbocycles. The molecule has 0 aromatic rings. The van der Waals surface area contributed by atoms with Crippen LogP contribution >= 0.6 is 0 Å². The zero-order valence-electron chi connectivity index (χ0n) is 48.1. The lowest BCUT2D eigenvalue weighted by Gasteiger charge is -2.18. The summed E-state index contributed by atoms with van der Waals surface area (Å²) in [5, 5.41) is 0. The number of carbonyl (C=O) groups excluding carboxylic acids is 3. The van der Waals surface area contributed by atoms with Gasteiger partial charge in [0.25, 0.3) is 0 Å². The van der Waals surface area contributed by atoms with Crippen molar-refractivity contribution in [1.82, 2.24) is 0 Å². The Bertz CT molecular complexity index is 1550. The van der Waals surface area contributed by atoms with Crippen LogP contribution in [0.15, 0.2) is 122 Å². The second-order valence-electron chi connectivity index (χ2n) is 19.8. The molecule has 0 aliphatic rings. The molecule has 0 N–H and O–H groups in total. The number of ether oxygens (including phenoxy) is 3. The van der Waals surface area contributed by atoms with E-state index in [9.17, 15) is 14.4 Å². The third kappa shape index (κ3) is 58.7. The number of allylic oxidation sites excluding steroid dienone is 20. The summed E-state index contributed by atoms with van der Waals surface area (Å²) < 4.78 is 16.9. The molecule has 1 unspecified atom stereocenters. The Balaban J connectivity index is 4.41. The Labute approximate surface area is 456 Å². The van der Waals surface area contributed by atoms with Gasteiger partial charge < -0.3 is 14.2 Å². The van der Waals surface area contributed by atoms with Gasteiger partial charge in [-0.25, -0.2) is 0 Å². The van der Waals surface area contributed by atoms with Crippen LogP contribution in [0.25, 0.3) is 0 Å². The van der Waals surface area contributed by atoms with Crippen LogP contribution in [0.2, 0.25) is 0 Å². The van der Waals surface area contributed by atoms with Crippen LogP contribution in [0.4, 0.5) is 0 Å². The van der Waals surface area contributed by atoms with Crippen LogP contribution in [0, 0.1) is 0 Å². The van der Waals surface area contributed by atoms with Crippen molar-refractivity contribution in [3.63, 3.8) is 0 Å². The van der Waals surface area contributed by atoms with E-state index in [0.717, 1.165) is 141 Å². The molecular weight excluding hydrogens is 913 g/mol. The van der Waals surface area contributed by atoms with Gasteiger partial charge in [0.05, 0.1) is 0 Å². The summed E-state index contributed by atoms with van der Waals surface area (Å²) >= 11 is 0. The summed E-state index contributed by atoms with van der Waals surface area (Å²) in [5.41, 5.74) is 0. The van der Waals surface area contributed by atoms with Crippen molar-refractivity contribution < 1.29 is 28.6 Å². The number of unbranched alkanes of at least 4 members (excludes halogenated alkanes) is 23. The summed E-state index contributed by atoms with van der Waals surface area (Å²) in [4.78, 5) is 38.3. The zero-order valence-corrected chi connectivity index (χ0v) is 48.1. The Morgan fingerprint density at radius 1 is 0.284 bits per heavy atom. The van der Waals surface area contributed by atoms with Crippen molar-refractivity contribution >= 4 is 17.9 Å². The standard InChI is InChI=1S/C68H112O6/c1-4-7-10-13-16-19-22-25-28-30-31-32-33-34-35-36-37-39-40-43-46-49-52-55-58-61-67(70)73-64-65(63-72-66(69)60-57-54-51-48-45-42-27-24-21-18-15-12-9-6-3)74-68(71)62-59-56-53-50-47-44-41-38-29-26-23-20-17-14-11-8-5-2/h7-8,10-11,16-17,19-20,24-29,31-32,34-35,37,39,65H,4-6,9,12-15,18,21-23,30,33,36,38,40-64H2,1-3H3/b10-7-,11-8-,19-16-,20-17-,27-24-,28-25-,29-26-,32-31-,35-34-,39-37-. The largest absolute Gasteiger partial charge is 0.462 e. The van der Waals surface area contributed by atoms with Gasteiger partial charge in [0, 0.05) is 19.3 Å². The fraction of sp³-hybridized carbons (Fsp3) is 0.662. The Kier molecular flexibility index (Phi) is 57.9. The molecule has 0 aromatic heterocycles. The molecule has 0 radical (unpaired) electrons. The molecule has 74 heavy (non-hydrogen) atoms. The predicted molar refractivity (Wildman–Crippen MR) is 320 cm³/mol. The van der Waals surface area contributed by atoms with Gasteiger partial charge in [-0.05, 0) is 128 Å². The quantitative estimate of drug-likeness (QED) is 0.0261. The molecule has 0 amide bonds. The highest BCUT2D eigenvalue weighted by Gasteiger charge is 2.19. The van der Waals surface area contributed by atoms with E-state index < -0.39 is 6.10 Å². The van der Waals surface area contributed by atoms with Crippen molar-refractivity contribution in [3.8, 4) is 0 Å². The average molecular weight is 1030 g/mol. The second-order valence-corrected chi connectivity index (χ2v) is 19.8. The van der Waals surface area contributed by atoms with E-state index in [2.05, 4.69) is 142 Å². The number of esters is 3. The maximum atomic E-state index is 12.9. The van der Waals surface area contributed by atoms with Gasteiger partial charge in [0.1, 0.15) is 13.2 Å².